The summed E-state index contributed by atoms with van der Waals surface area (Å²) in [6.07, 6.45) is 1.35. The summed E-state index contributed by atoms with van der Waals surface area (Å²) < 4.78 is 12.7. The SMILES string of the molecule is CC(C)Oc1cn(C(C)C(=O)Cc2ccc(C(=O)OC(C)(C)C)cc2)c(=O)cc1-c1cc(Cl)ccc1C#N. The third-order valence-corrected chi connectivity index (χ3v) is 5.88. The molecule has 1 heterocycles. The molecule has 0 radical (unpaired) electrons. The molecule has 0 fully saturated rings. The van der Waals surface area contributed by atoms with Crippen LogP contribution < -0.4 is 10.3 Å². The molecule has 38 heavy (non-hydrogen) atoms. The van der Waals surface area contributed by atoms with Crippen LogP contribution in [0, 0.1) is 11.3 Å². The summed E-state index contributed by atoms with van der Waals surface area (Å²) in [4.78, 5) is 38.6. The summed E-state index contributed by atoms with van der Waals surface area (Å²) in [6.45, 7) is 10.7. The molecule has 198 valence electrons. The van der Waals surface area contributed by atoms with Crippen LogP contribution in [-0.4, -0.2) is 28.0 Å². The molecule has 2 aromatic carbocycles. The molecular weight excluding hydrogens is 504 g/mol. The minimum absolute atomic E-state index is 0.0667. The Morgan fingerprint density at radius 1 is 1.03 bits per heavy atom. The minimum Gasteiger partial charge on any atom is -0.489 e. The minimum atomic E-state index is -0.786. The zero-order valence-electron chi connectivity index (χ0n) is 22.4. The van der Waals surface area contributed by atoms with E-state index in [2.05, 4.69) is 6.07 Å². The Morgan fingerprint density at radius 3 is 2.26 bits per heavy atom. The number of esters is 1. The number of benzene rings is 2. The number of nitrogens with zero attached hydrogens (tertiary/aromatic N) is 2. The molecule has 0 aliphatic rings. The third kappa shape index (κ3) is 7.11. The van der Waals surface area contributed by atoms with Gasteiger partial charge in [-0.1, -0.05) is 23.7 Å². The van der Waals surface area contributed by atoms with E-state index in [-0.39, 0.29) is 18.3 Å². The van der Waals surface area contributed by atoms with Gasteiger partial charge in [0, 0.05) is 28.6 Å². The van der Waals surface area contributed by atoms with Crippen LogP contribution in [0.15, 0.2) is 59.5 Å². The van der Waals surface area contributed by atoms with Gasteiger partial charge in [0.2, 0.25) is 0 Å². The van der Waals surface area contributed by atoms with Crippen molar-refractivity contribution in [2.24, 2.45) is 0 Å². The van der Waals surface area contributed by atoms with Crippen molar-refractivity contribution in [3.8, 4) is 22.9 Å². The van der Waals surface area contributed by atoms with Crippen LogP contribution in [0.5, 0.6) is 5.75 Å². The standard InChI is InChI=1S/C30H31ClN2O5/c1-18(2)37-27-17-33(28(35)15-25(27)24-14-23(31)12-11-22(24)16-32)19(3)26(34)13-20-7-9-21(10-8-20)29(36)38-30(4,5)6/h7-12,14-15,17-19H,13H2,1-6H3. The Balaban J connectivity index is 1.90. The molecule has 8 heteroatoms. The number of carbonyl (C=O) groups excluding carboxylic acids is 2. The molecule has 0 bridgehead atoms. The van der Waals surface area contributed by atoms with E-state index < -0.39 is 23.2 Å². The van der Waals surface area contributed by atoms with Gasteiger partial charge in [0.1, 0.15) is 11.4 Å². The van der Waals surface area contributed by atoms with Crippen LogP contribution >= 0.6 is 11.6 Å². The smallest absolute Gasteiger partial charge is 0.338 e. The van der Waals surface area contributed by atoms with Gasteiger partial charge in [-0.05, 0) is 77.4 Å². The van der Waals surface area contributed by atoms with E-state index in [4.69, 9.17) is 21.1 Å². The van der Waals surface area contributed by atoms with Gasteiger partial charge < -0.3 is 14.0 Å². The van der Waals surface area contributed by atoms with E-state index in [1.807, 2.05) is 13.8 Å². The Kier molecular flexibility index (Phi) is 8.80. The van der Waals surface area contributed by atoms with Crippen molar-refractivity contribution in [2.75, 3.05) is 0 Å². The molecule has 1 unspecified atom stereocenters. The van der Waals surface area contributed by atoms with Gasteiger partial charge in [0.15, 0.2) is 5.78 Å². The monoisotopic (exact) mass is 534 g/mol. The van der Waals surface area contributed by atoms with Crippen molar-refractivity contribution < 1.29 is 19.1 Å². The first-order valence-corrected chi connectivity index (χ1v) is 12.6. The highest BCUT2D eigenvalue weighted by atomic mass is 35.5. The normalized spacial score (nSPS) is 12.1. The summed E-state index contributed by atoms with van der Waals surface area (Å²) in [5.74, 6) is -0.270. The number of Topliss-reactive ketones (excluding diaryl/α,β-unsaturated/α-hetero) is 1. The lowest BCUT2D eigenvalue weighted by Crippen LogP contribution is -2.29. The lowest BCUT2D eigenvalue weighted by atomic mass is 9.99. The molecule has 0 saturated heterocycles. The highest BCUT2D eigenvalue weighted by molar-refractivity contribution is 6.31. The number of rotatable bonds is 8. The molecule has 0 N–H and O–H groups in total. The van der Waals surface area contributed by atoms with Crippen molar-refractivity contribution in [1.29, 1.82) is 5.26 Å². The molecule has 0 amide bonds. The quantitative estimate of drug-likeness (QED) is 0.321. The zero-order valence-corrected chi connectivity index (χ0v) is 23.1. The molecule has 1 atom stereocenters. The molecule has 0 aliphatic carbocycles. The first kappa shape index (κ1) is 28.7. The largest absolute Gasteiger partial charge is 0.489 e. The topological polar surface area (TPSA) is 98.4 Å². The first-order valence-electron chi connectivity index (χ1n) is 12.3. The van der Waals surface area contributed by atoms with Gasteiger partial charge in [-0.15, -0.1) is 0 Å². The maximum atomic E-state index is 13.2. The highest BCUT2D eigenvalue weighted by Gasteiger charge is 2.22. The number of aromatic nitrogens is 1. The Bertz CT molecular complexity index is 1440. The van der Waals surface area contributed by atoms with Crippen molar-refractivity contribution >= 4 is 23.4 Å². The summed E-state index contributed by atoms with van der Waals surface area (Å²) in [6, 6.07) is 14.1. The number of pyridine rings is 1. The van der Waals surface area contributed by atoms with Gasteiger partial charge in [-0.2, -0.15) is 5.26 Å². The van der Waals surface area contributed by atoms with Crippen LogP contribution in [-0.2, 0) is 16.0 Å². The zero-order chi connectivity index (χ0) is 28.2. The summed E-state index contributed by atoms with van der Waals surface area (Å²) >= 11 is 6.17. The molecule has 3 aromatic rings. The Morgan fingerprint density at radius 2 is 1.68 bits per heavy atom. The van der Waals surface area contributed by atoms with Crippen molar-refractivity contribution in [3.63, 3.8) is 0 Å². The second-order valence-electron chi connectivity index (χ2n) is 10.3. The number of hydrogen-bond acceptors (Lipinski definition) is 6. The van der Waals surface area contributed by atoms with Crippen molar-refractivity contribution in [1.82, 2.24) is 4.57 Å². The summed E-state index contributed by atoms with van der Waals surface area (Å²) in [7, 11) is 0. The third-order valence-electron chi connectivity index (χ3n) is 5.65. The van der Waals surface area contributed by atoms with Crippen LogP contribution in [0.4, 0.5) is 0 Å². The van der Waals surface area contributed by atoms with Gasteiger partial charge in [-0.3, -0.25) is 9.59 Å². The van der Waals surface area contributed by atoms with Gasteiger partial charge in [-0.25, -0.2) is 4.79 Å². The van der Waals surface area contributed by atoms with Crippen LogP contribution in [0.25, 0.3) is 11.1 Å². The van der Waals surface area contributed by atoms with Gasteiger partial charge >= 0.3 is 5.97 Å². The number of nitriles is 1. The average Bonchev–Trinajstić information content (AvgIpc) is 2.83. The average molecular weight is 535 g/mol. The molecule has 0 aliphatic heterocycles. The predicted molar refractivity (Wildman–Crippen MR) is 147 cm³/mol. The second kappa shape index (κ2) is 11.7. The van der Waals surface area contributed by atoms with Crippen LogP contribution in [0.1, 0.15) is 69.1 Å². The molecule has 7 nitrogen and oxygen atoms in total. The van der Waals surface area contributed by atoms with E-state index in [0.717, 1.165) is 0 Å². The van der Waals surface area contributed by atoms with E-state index in [9.17, 15) is 19.6 Å². The fourth-order valence-electron chi connectivity index (χ4n) is 3.83. The number of hydrogen-bond donors (Lipinski definition) is 0. The fourth-order valence-corrected chi connectivity index (χ4v) is 4.00. The van der Waals surface area contributed by atoms with Crippen LogP contribution in [0.3, 0.4) is 0 Å². The van der Waals surface area contributed by atoms with E-state index >= 15 is 0 Å². The molecule has 1 aromatic heterocycles. The number of ether oxygens (including phenoxy) is 2. The molecule has 0 saturated carbocycles. The Hall–Kier alpha value is -3.89. The number of ketones is 1. The second-order valence-corrected chi connectivity index (χ2v) is 10.7. The van der Waals surface area contributed by atoms with E-state index in [1.165, 1.54) is 16.8 Å². The highest BCUT2D eigenvalue weighted by Crippen LogP contribution is 2.34. The lowest BCUT2D eigenvalue weighted by Gasteiger charge is -2.20. The first-order chi connectivity index (χ1) is 17.8. The maximum absolute atomic E-state index is 13.2. The van der Waals surface area contributed by atoms with Crippen molar-refractivity contribution in [2.45, 2.75) is 65.7 Å². The van der Waals surface area contributed by atoms with Crippen LogP contribution in [0.2, 0.25) is 5.02 Å². The van der Waals surface area contributed by atoms with Crippen molar-refractivity contribution in [3.05, 3.63) is 86.8 Å². The summed E-state index contributed by atoms with van der Waals surface area (Å²) in [5.41, 5.74) is 1.32. The molecular formula is C30H31ClN2O5. The summed E-state index contributed by atoms with van der Waals surface area (Å²) in [5, 5.41) is 9.99. The Labute approximate surface area is 227 Å². The van der Waals surface area contributed by atoms with Gasteiger partial charge in [0.05, 0.1) is 35.5 Å². The maximum Gasteiger partial charge on any atom is 0.338 e. The molecule has 0 spiro atoms. The lowest BCUT2D eigenvalue weighted by molar-refractivity contribution is -0.121. The predicted octanol–water partition coefficient (Wildman–Crippen LogP) is 6.16. The fraction of sp³-hybridized carbons (Fsp3) is 0.333. The van der Waals surface area contributed by atoms with E-state index in [1.54, 1.807) is 70.2 Å². The molecule has 3 rings (SSSR count). The number of halogens is 1. The van der Waals surface area contributed by atoms with Gasteiger partial charge in [0.25, 0.3) is 5.56 Å². The number of carbonyl (C=O) groups is 2. The van der Waals surface area contributed by atoms with E-state index in [0.29, 0.717) is 38.6 Å².